The maximum absolute atomic E-state index is 12.9. The largest absolute Gasteiger partial charge is 0.311 e. The van der Waals surface area contributed by atoms with Crippen LogP contribution in [-0.4, -0.2) is 13.0 Å². The summed E-state index contributed by atoms with van der Waals surface area (Å²) in [6.07, 6.45) is 4.60. The summed E-state index contributed by atoms with van der Waals surface area (Å²) in [5.74, 6) is 0.0835. The highest BCUT2D eigenvalue weighted by Gasteiger charge is 2.27. The van der Waals surface area contributed by atoms with Crippen molar-refractivity contribution in [3.63, 3.8) is 0 Å². The second kappa shape index (κ2) is 5.13. The third kappa shape index (κ3) is 1.91. The fourth-order valence-corrected chi connectivity index (χ4v) is 3.74. The fourth-order valence-electron chi connectivity index (χ4n) is 3.74. The van der Waals surface area contributed by atoms with Gasteiger partial charge in [-0.15, -0.1) is 0 Å². The van der Waals surface area contributed by atoms with Crippen molar-refractivity contribution in [1.29, 1.82) is 0 Å². The van der Waals surface area contributed by atoms with Crippen LogP contribution in [0, 0.1) is 0 Å². The lowest BCUT2D eigenvalue weighted by Crippen LogP contribution is -2.29. The van der Waals surface area contributed by atoms with E-state index in [9.17, 15) is 4.79 Å². The lowest BCUT2D eigenvalue weighted by atomic mass is 9.80. The number of para-hydroxylation sites is 1. The first kappa shape index (κ1) is 13.3. The molecule has 2 aromatic carbocycles. The molecular formula is C20H19NO. The van der Waals surface area contributed by atoms with Crippen LogP contribution >= 0.6 is 0 Å². The number of rotatable bonds is 0. The number of amides is 1. The van der Waals surface area contributed by atoms with Crippen LogP contribution in [0.1, 0.15) is 47.2 Å². The van der Waals surface area contributed by atoms with E-state index in [0.717, 1.165) is 29.7 Å². The summed E-state index contributed by atoms with van der Waals surface area (Å²) in [7, 11) is 1.88. The van der Waals surface area contributed by atoms with Crippen LogP contribution in [0.2, 0.25) is 0 Å². The molecule has 2 nitrogen and oxygen atoms in total. The molecule has 0 fully saturated rings. The number of anilines is 1. The molecule has 1 aliphatic carbocycles. The molecule has 0 atom stereocenters. The van der Waals surface area contributed by atoms with Gasteiger partial charge in [0.2, 0.25) is 0 Å². The number of fused-ring (bicyclic) bond motifs is 4. The Morgan fingerprint density at radius 3 is 2.05 bits per heavy atom. The van der Waals surface area contributed by atoms with Crippen molar-refractivity contribution in [2.75, 3.05) is 11.9 Å². The Balaban J connectivity index is 2.09. The van der Waals surface area contributed by atoms with Crippen LogP contribution in [-0.2, 0) is 0 Å². The molecule has 0 saturated heterocycles. The predicted octanol–water partition coefficient (Wildman–Crippen LogP) is 4.76. The molecule has 0 aromatic heterocycles. The molecule has 1 heterocycles. The van der Waals surface area contributed by atoms with Crippen molar-refractivity contribution >= 4 is 22.7 Å². The zero-order valence-electron chi connectivity index (χ0n) is 12.8. The molecule has 0 radical (unpaired) electrons. The Kier molecular flexibility index (Phi) is 3.11. The number of nitrogens with zero attached hydrogens (tertiary/aromatic N) is 1. The first-order valence-corrected chi connectivity index (χ1v) is 7.96. The molecular weight excluding hydrogens is 270 g/mol. The van der Waals surface area contributed by atoms with Crippen molar-refractivity contribution < 1.29 is 4.79 Å². The molecule has 4 rings (SSSR count). The van der Waals surface area contributed by atoms with Crippen LogP contribution < -0.4 is 4.90 Å². The smallest absolute Gasteiger partial charge is 0.258 e. The summed E-state index contributed by atoms with van der Waals surface area (Å²) in [5, 5.41) is 0. The number of hydrogen-bond donors (Lipinski definition) is 0. The van der Waals surface area contributed by atoms with E-state index in [1.165, 1.54) is 29.6 Å². The quantitative estimate of drug-likeness (QED) is 0.684. The average molecular weight is 289 g/mol. The van der Waals surface area contributed by atoms with E-state index in [1.807, 2.05) is 31.3 Å². The van der Waals surface area contributed by atoms with Crippen LogP contribution in [0.15, 0.2) is 48.5 Å². The van der Waals surface area contributed by atoms with E-state index < -0.39 is 0 Å². The van der Waals surface area contributed by atoms with Gasteiger partial charge in [-0.2, -0.15) is 0 Å². The molecule has 22 heavy (non-hydrogen) atoms. The number of allylic oxidation sites excluding steroid dienone is 2. The minimum absolute atomic E-state index is 0.0835. The van der Waals surface area contributed by atoms with E-state index in [2.05, 4.69) is 24.3 Å². The summed E-state index contributed by atoms with van der Waals surface area (Å²) >= 11 is 0. The van der Waals surface area contributed by atoms with Gasteiger partial charge in [-0.05, 0) is 54.5 Å². The molecule has 0 bridgehead atoms. The third-order valence-electron chi connectivity index (χ3n) is 4.85. The Bertz CT molecular complexity index is 788. The zero-order valence-corrected chi connectivity index (χ0v) is 12.8. The monoisotopic (exact) mass is 289 g/mol. The van der Waals surface area contributed by atoms with E-state index in [-0.39, 0.29) is 5.91 Å². The zero-order chi connectivity index (χ0) is 15.1. The van der Waals surface area contributed by atoms with E-state index in [0.29, 0.717) is 0 Å². The molecule has 0 spiro atoms. The van der Waals surface area contributed by atoms with Gasteiger partial charge in [0, 0.05) is 18.2 Å². The standard InChI is InChI=1S/C20H19NO/c1-21-19-13-7-6-11-17(19)15-9-3-2-8-14(15)16-10-4-5-12-18(16)20(21)22/h4-7,10-13H,2-3,8-9H2,1H3. The van der Waals surface area contributed by atoms with Crippen LogP contribution in [0.5, 0.6) is 0 Å². The van der Waals surface area contributed by atoms with Crippen molar-refractivity contribution in [3.8, 4) is 0 Å². The minimum atomic E-state index is 0.0835. The maximum atomic E-state index is 12.9. The summed E-state index contributed by atoms with van der Waals surface area (Å²) < 4.78 is 0. The fraction of sp³-hybridized carbons (Fsp3) is 0.250. The van der Waals surface area contributed by atoms with Gasteiger partial charge < -0.3 is 4.90 Å². The van der Waals surface area contributed by atoms with Crippen molar-refractivity contribution in [1.82, 2.24) is 0 Å². The number of hydrogen-bond acceptors (Lipinski definition) is 1. The highest BCUT2D eigenvalue weighted by molar-refractivity contribution is 6.13. The second-order valence-corrected chi connectivity index (χ2v) is 6.09. The molecule has 2 aliphatic rings. The molecule has 1 amide bonds. The van der Waals surface area contributed by atoms with Gasteiger partial charge in [-0.1, -0.05) is 36.4 Å². The van der Waals surface area contributed by atoms with Crippen molar-refractivity contribution in [2.45, 2.75) is 25.7 Å². The highest BCUT2D eigenvalue weighted by atomic mass is 16.2. The van der Waals surface area contributed by atoms with Crippen LogP contribution in [0.4, 0.5) is 5.69 Å². The normalized spacial score (nSPS) is 17.3. The Hall–Kier alpha value is -2.35. The predicted molar refractivity (Wildman–Crippen MR) is 90.9 cm³/mol. The maximum Gasteiger partial charge on any atom is 0.258 e. The third-order valence-corrected chi connectivity index (χ3v) is 4.85. The summed E-state index contributed by atoms with van der Waals surface area (Å²) in [6.45, 7) is 0. The van der Waals surface area contributed by atoms with E-state index in [4.69, 9.17) is 0 Å². The van der Waals surface area contributed by atoms with Crippen molar-refractivity contribution in [3.05, 3.63) is 65.2 Å². The average Bonchev–Trinajstić information content (AvgIpc) is 2.60. The van der Waals surface area contributed by atoms with Crippen LogP contribution in [0.25, 0.3) is 11.1 Å². The SMILES string of the molecule is CN1C(=O)c2ccccc2C2=C(CCCC2)c2ccccc21. The Labute approximate surface area is 131 Å². The Morgan fingerprint density at radius 2 is 1.32 bits per heavy atom. The molecule has 0 unspecified atom stereocenters. The second-order valence-electron chi connectivity index (χ2n) is 6.09. The molecule has 0 N–H and O–H groups in total. The molecule has 110 valence electrons. The summed E-state index contributed by atoms with van der Waals surface area (Å²) in [4.78, 5) is 14.7. The lowest BCUT2D eigenvalue weighted by Gasteiger charge is -2.30. The first-order chi connectivity index (χ1) is 10.8. The lowest BCUT2D eigenvalue weighted by molar-refractivity contribution is 0.0992. The topological polar surface area (TPSA) is 20.3 Å². The summed E-state index contributed by atoms with van der Waals surface area (Å²) in [5.41, 5.74) is 7.00. The first-order valence-electron chi connectivity index (χ1n) is 7.96. The number of carbonyl (C=O) groups is 1. The van der Waals surface area contributed by atoms with Gasteiger partial charge in [0.05, 0.1) is 5.69 Å². The highest BCUT2D eigenvalue weighted by Crippen LogP contribution is 2.43. The minimum Gasteiger partial charge on any atom is -0.311 e. The van der Waals surface area contributed by atoms with Crippen LogP contribution in [0.3, 0.4) is 0 Å². The molecule has 2 heteroatoms. The van der Waals surface area contributed by atoms with E-state index in [1.54, 1.807) is 4.90 Å². The molecule has 1 aliphatic heterocycles. The van der Waals surface area contributed by atoms with Gasteiger partial charge in [0.25, 0.3) is 5.91 Å². The number of carbonyl (C=O) groups excluding carboxylic acids is 1. The van der Waals surface area contributed by atoms with Gasteiger partial charge >= 0.3 is 0 Å². The van der Waals surface area contributed by atoms with Gasteiger partial charge in [0.15, 0.2) is 0 Å². The van der Waals surface area contributed by atoms with Gasteiger partial charge in [-0.3, -0.25) is 4.79 Å². The summed E-state index contributed by atoms with van der Waals surface area (Å²) in [6, 6.07) is 16.4. The molecule has 2 aromatic rings. The number of benzene rings is 2. The van der Waals surface area contributed by atoms with E-state index >= 15 is 0 Å². The molecule has 0 saturated carbocycles. The Morgan fingerprint density at radius 1 is 0.773 bits per heavy atom. The van der Waals surface area contributed by atoms with Crippen molar-refractivity contribution in [2.24, 2.45) is 0 Å². The van der Waals surface area contributed by atoms with Gasteiger partial charge in [-0.25, -0.2) is 0 Å². The van der Waals surface area contributed by atoms with Gasteiger partial charge in [0.1, 0.15) is 0 Å².